The van der Waals surface area contributed by atoms with Gasteiger partial charge in [-0.25, -0.2) is 0 Å². The molecule has 4 N–H and O–H groups in total. The van der Waals surface area contributed by atoms with Crippen molar-refractivity contribution in [3.8, 4) is 0 Å². The lowest BCUT2D eigenvalue weighted by molar-refractivity contribution is -0.126. The first kappa shape index (κ1) is 18.4. The van der Waals surface area contributed by atoms with Crippen molar-refractivity contribution >= 4 is 29.1 Å². The average Bonchev–Trinajstić information content (AvgIpc) is 2.64. The molecular weight excluding hydrogens is 336 g/mol. The first-order valence-corrected chi connectivity index (χ1v) is 8.21. The van der Waals surface area contributed by atoms with E-state index in [0.717, 1.165) is 11.1 Å². The minimum Gasteiger partial charge on any atom is -0.357 e. The fourth-order valence-electron chi connectivity index (χ4n) is 2.02. The van der Waals surface area contributed by atoms with E-state index in [-0.39, 0.29) is 24.8 Å². The Morgan fingerprint density at radius 2 is 1.36 bits per heavy atom. The number of carbonyl (C=O) groups is 2. The van der Waals surface area contributed by atoms with Crippen LogP contribution in [-0.2, 0) is 22.6 Å². The molecule has 0 heterocycles. The van der Waals surface area contributed by atoms with E-state index in [1.54, 1.807) is 0 Å². The van der Waals surface area contributed by atoms with Crippen molar-refractivity contribution < 1.29 is 9.59 Å². The molecule has 0 aromatic heterocycles. The first-order chi connectivity index (χ1) is 12.1. The lowest BCUT2D eigenvalue weighted by atomic mass is 10.1. The van der Waals surface area contributed by atoms with Crippen molar-refractivity contribution in [2.24, 2.45) is 0 Å². The summed E-state index contributed by atoms with van der Waals surface area (Å²) in [6.07, 6.45) is 0.235. The molecular formula is C18H20N4O2S. The molecule has 0 fully saturated rings. The highest BCUT2D eigenvalue weighted by Gasteiger charge is 2.06. The molecule has 2 aromatic rings. The second-order valence-corrected chi connectivity index (χ2v) is 5.69. The maximum Gasteiger partial charge on any atom is 0.257 e. The molecule has 0 aliphatic rings. The topological polar surface area (TPSA) is 82.3 Å². The van der Waals surface area contributed by atoms with Crippen LogP contribution in [0.2, 0.25) is 0 Å². The van der Waals surface area contributed by atoms with Crippen molar-refractivity contribution in [3.05, 3.63) is 71.8 Å². The predicted molar refractivity (Wildman–Crippen MR) is 100 cm³/mol. The van der Waals surface area contributed by atoms with Crippen LogP contribution >= 0.6 is 12.2 Å². The maximum atomic E-state index is 11.8. The third-order valence-corrected chi connectivity index (χ3v) is 3.51. The van der Waals surface area contributed by atoms with Crippen LogP contribution in [0.3, 0.4) is 0 Å². The molecule has 2 aromatic carbocycles. The van der Waals surface area contributed by atoms with Gasteiger partial charge in [0.05, 0.1) is 13.0 Å². The van der Waals surface area contributed by atoms with Gasteiger partial charge in [-0.15, -0.1) is 0 Å². The lowest BCUT2D eigenvalue weighted by Gasteiger charge is -2.12. The van der Waals surface area contributed by atoms with E-state index in [2.05, 4.69) is 21.5 Å². The highest BCUT2D eigenvalue weighted by molar-refractivity contribution is 7.80. The third-order valence-electron chi connectivity index (χ3n) is 3.26. The van der Waals surface area contributed by atoms with Crippen molar-refractivity contribution in [2.45, 2.75) is 13.0 Å². The van der Waals surface area contributed by atoms with Crippen molar-refractivity contribution in [2.75, 3.05) is 6.54 Å². The molecule has 0 saturated carbocycles. The second kappa shape index (κ2) is 10.0. The zero-order chi connectivity index (χ0) is 17.9. The molecule has 0 atom stereocenters. The van der Waals surface area contributed by atoms with E-state index in [0.29, 0.717) is 11.7 Å². The van der Waals surface area contributed by atoms with Crippen LogP contribution in [0.1, 0.15) is 11.1 Å². The minimum absolute atomic E-state index is 0.125. The summed E-state index contributed by atoms with van der Waals surface area (Å²) < 4.78 is 0. The largest absolute Gasteiger partial charge is 0.357 e. The quantitative estimate of drug-likeness (QED) is 0.459. The summed E-state index contributed by atoms with van der Waals surface area (Å²) in [4.78, 5) is 23.5. The number of carbonyl (C=O) groups excluding carboxylic acids is 2. The summed E-state index contributed by atoms with van der Waals surface area (Å²) in [5.74, 6) is -0.601. The number of thiocarbonyl (C=S) groups is 1. The van der Waals surface area contributed by atoms with E-state index in [4.69, 9.17) is 12.2 Å². The summed E-state index contributed by atoms with van der Waals surface area (Å²) in [6.45, 7) is 0.427. The van der Waals surface area contributed by atoms with Crippen LogP contribution in [0, 0.1) is 0 Å². The number of nitrogens with one attached hydrogen (secondary N) is 4. The molecule has 0 saturated heterocycles. The van der Waals surface area contributed by atoms with Crippen LogP contribution in [0.4, 0.5) is 0 Å². The highest BCUT2D eigenvalue weighted by Crippen LogP contribution is 1.99. The van der Waals surface area contributed by atoms with E-state index < -0.39 is 0 Å². The Morgan fingerprint density at radius 1 is 0.760 bits per heavy atom. The zero-order valence-corrected chi connectivity index (χ0v) is 14.4. The van der Waals surface area contributed by atoms with Gasteiger partial charge >= 0.3 is 0 Å². The minimum atomic E-state index is -0.384. The summed E-state index contributed by atoms with van der Waals surface area (Å²) in [7, 11) is 0. The zero-order valence-electron chi connectivity index (χ0n) is 13.6. The van der Waals surface area contributed by atoms with Crippen LogP contribution < -0.4 is 21.5 Å². The number of rotatable bonds is 6. The number of benzene rings is 2. The predicted octanol–water partition coefficient (Wildman–Crippen LogP) is 1.04. The molecule has 0 radical (unpaired) electrons. The summed E-state index contributed by atoms with van der Waals surface area (Å²) in [5.41, 5.74) is 6.99. The number of hydrogen-bond donors (Lipinski definition) is 4. The number of hydrogen-bond acceptors (Lipinski definition) is 3. The maximum absolute atomic E-state index is 11.8. The molecule has 130 valence electrons. The molecule has 0 aliphatic carbocycles. The highest BCUT2D eigenvalue weighted by atomic mass is 32.1. The van der Waals surface area contributed by atoms with Gasteiger partial charge < -0.3 is 10.6 Å². The Balaban J connectivity index is 1.60. The van der Waals surface area contributed by atoms with Crippen LogP contribution in [-0.4, -0.2) is 23.5 Å². The number of hydrazine groups is 1. The molecule has 2 amide bonds. The molecule has 0 unspecified atom stereocenters. The van der Waals surface area contributed by atoms with Gasteiger partial charge in [-0.2, -0.15) is 0 Å². The Kier molecular flexibility index (Phi) is 7.40. The SMILES string of the molecule is O=C(Cc1ccccc1)NCC(=O)NNC(=S)NCc1ccccc1. The van der Waals surface area contributed by atoms with Gasteiger partial charge in [0.2, 0.25) is 5.91 Å². The van der Waals surface area contributed by atoms with Crippen LogP contribution in [0.5, 0.6) is 0 Å². The van der Waals surface area contributed by atoms with E-state index in [1.165, 1.54) is 0 Å². The number of amides is 2. The van der Waals surface area contributed by atoms with Gasteiger partial charge in [0.1, 0.15) is 0 Å². The van der Waals surface area contributed by atoms with Crippen LogP contribution in [0.25, 0.3) is 0 Å². The smallest absolute Gasteiger partial charge is 0.257 e. The normalized spacial score (nSPS) is 9.76. The van der Waals surface area contributed by atoms with Crippen molar-refractivity contribution in [1.82, 2.24) is 21.5 Å². The fraction of sp³-hybridized carbons (Fsp3) is 0.167. The molecule has 25 heavy (non-hydrogen) atoms. The molecule has 0 spiro atoms. The second-order valence-electron chi connectivity index (χ2n) is 5.28. The van der Waals surface area contributed by atoms with Gasteiger partial charge in [-0.3, -0.25) is 20.4 Å². The first-order valence-electron chi connectivity index (χ1n) is 7.81. The van der Waals surface area contributed by atoms with Gasteiger partial charge in [0, 0.05) is 6.54 Å². The van der Waals surface area contributed by atoms with Crippen LogP contribution in [0.15, 0.2) is 60.7 Å². The van der Waals surface area contributed by atoms with Gasteiger partial charge in [-0.05, 0) is 23.3 Å². The fourth-order valence-corrected chi connectivity index (χ4v) is 2.14. The summed E-state index contributed by atoms with van der Waals surface area (Å²) in [6, 6.07) is 19.1. The monoisotopic (exact) mass is 356 g/mol. The summed E-state index contributed by atoms with van der Waals surface area (Å²) in [5, 5.41) is 5.83. The third kappa shape index (κ3) is 7.45. The van der Waals surface area contributed by atoms with E-state index >= 15 is 0 Å². The van der Waals surface area contributed by atoms with Gasteiger partial charge in [-0.1, -0.05) is 60.7 Å². The van der Waals surface area contributed by atoms with Crippen molar-refractivity contribution in [3.63, 3.8) is 0 Å². The van der Waals surface area contributed by atoms with Gasteiger partial charge in [0.15, 0.2) is 5.11 Å². The average molecular weight is 356 g/mol. The molecule has 0 bridgehead atoms. The Morgan fingerprint density at radius 3 is 2.00 bits per heavy atom. The molecule has 2 rings (SSSR count). The van der Waals surface area contributed by atoms with E-state index in [9.17, 15) is 9.59 Å². The Bertz CT molecular complexity index is 708. The molecule has 6 nitrogen and oxygen atoms in total. The molecule has 7 heteroatoms. The Labute approximate surface area is 152 Å². The Hall–Kier alpha value is -2.93. The standard InChI is InChI=1S/C18H20N4O2S/c23-16(11-14-7-3-1-4-8-14)19-13-17(24)21-22-18(25)20-12-15-9-5-2-6-10-15/h1-10H,11-13H2,(H,19,23)(H,21,24)(H2,20,22,25). The lowest BCUT2D eigenvalue weighted by Crippen LogP contribution is -2.49. The van der Waals surface area contributed by atoms with E-state index in [1.807, 2.05) is 60.7 Å². The molecule has 0 aliphatic heterocycles. The summed E-state index contributed by atoms with van der Waals surface area (Å²) >= 11 is 5.07. The van der Waals surface area contributed by atoms with Gasteiger partial charge in [0.25, 0.3) is 5.91 Å². The van der Waals surface area contributed by atoms with Crippen molar-refractivity contribution in [1.29, 1.82) is 0 Å².